The van der Waals surface area contributed by atoms with E-state index < -0.39 is 6.04 Å². The second-order valence-corrected chi connectivity index (χ2v) is 4.85. The number of aromatic nitrogens is 2. The lowest BCUT2D eigenvalue weighted by atomic mass is 10.0. The van der Waals surface area contributed by atoms with E-state index in [9.17, 15) is 9.59 Å². The molecule has 1 unspecified atom stereocenters. The van der Waals surface area contributed by atoms with E-state index in [1.807, 2.05) is 37.3 Å². The molecule has 1 N–H and O–H groups in total. The number of benzene rings is 1. The van der Waals surface area contributed by atoms with E-state index in [1.165, 1.54) is 4.90 Å². The van der Waals surface area contributed by atoms with Crippen molar-refractivity contribution in [3.05, 3.63) is 48.3 Å². The fourth-order valence-corrected chi connectivity index (χ4v) is 2.48. The summed E-state index contributed by atoms with van der Waals surface area (Å²) in [6.45, 7) is 2.69. The number of anilines is 1. The van der Waals surface area contributed by atoms with Gasteiger partial charge in [-0.15, -0.1) is 0 Å². The summed E-state index contributed by atoms with van der Waals surface area (Å²) in [5, 5.41) is 6.83. The first-order valence-electron chi connectivity index (χ1n) is 6.88. The minimum atomic E-state index is -0.651. The lowest BCUT2D eigenvalue weighted by Crippen LogP contribution is -2.53. The summed E-state index contributed by atoms with van der Waals surface area (Å²) in [6, 6.07) is 8.64. The van der Waals surface area contributed by atoms with Gasteiger partial charge >= 0.3 is 0 Å². The van der Waals surface area contributed by atoms with Crippen molar-refractivity contribution < 1.29 is 9.59 Å². The molecule has 0 saturated carbocycles. The Balaban J connectivity index is 2.04. The van der Waals surface area contributed by atoms with Crippen LogP contribution in [-0.2, 0) is 16.1 Å². The lowest BCUT2D eigenvalue weighted by molar-refractivity contribution is -0.131. The molecule has 2 aromatic rings. The van der Waals surface area contributed by atoms with Crippen LogP contribution in [0.1, 0.15) is 18.5 Å². The first-order chi connectivity index (χ1) is 10.2. The van der Waals surface area contributed by atoms with Crippen molar-refractivity contribution in [2.45, 2.75) is 19.5 Å². The van der Waals surface area contributed by atoms with Crippen molar-refractivity contribution >= 4 is 17.5 Å². The van der Waals surface area contributed by atoms with E-state index >= 15 is 0 Å². The third kappa shape index (κ3) is 2.40. The first kappa shape index (κ1) is 13.4. The van der Waals surface area contributed by atoms with Crippen molar-refractivity contribution in [3.63, 3.8) is 0 Å². The maximum absolute atomic E-state index is 12.3. The van der Waals surface area contributed by atoms with Gasteiger partial charge in [-0.1, -0.05) is 30.3 Å². The Morgan fingerprint density at radius 1 is 1.29 bits per heavy atom. The Labute approximate surface area is 122 Å². The standard InChI is InChI=1S/C15H16N4O2/c1-2-18-10-12(8-17-18)19-13(20)9-16-15(21)14(19)11-6-4-3-5-7-11/h3-8,10,14H,2,9H2,1H3,(H,16,21). The third-order valence-corrected chi connectivity index (χ3v) is 3.53. The number of hydrogen-bond acceptors (Lipinski definition) is 3. The second kappa shape index (κ2) is 5.40. The highest BCUT2D eigenvalue weighted by atomic mass is 16.2. The van der Waals surface area contributed by atoms with E-state index in [-0.39, 0.29) is 18.4 Å². The van der Waals surface area contributed by atoms with Crippen molar-refractivity contribution in [3.8, 4) is 0 Å². The monoisotopic (exact) mass is 284 g/mol. The highest BCUT2D eigenvalue weighted by molar-refractivity contribution is 6.06. The molecule has 6 heteroatoms. The average Bonchev–Trinajstić information content (AvgIpc) is 2.98. The first-order valence-corrected chi connectivity index (χ1v) is 6.88. The summed E-state index contributed by atoms with van der Waals surface area (Å²) < 4.78 is 1.73. The molecule has 1 atom stereocenters. The number of aryl methyl sites for hydroxylation is 1. The van der Waals surface area contributed by atoms with Crippen LogP contribution < -0.4 is 10.2 Å². The van der Waals surface area contributed by atoms with Crippen LogP contribution in [0.15, 0.2) is 42.7 Å². The SMILES string of the molecule is CCn1cc(N2C(=O)CNC(=O)C2c2ccccc2)cn1. The zero-order valence-electron chi connectivity index (χ0n) is 11.7. The van der Waals surface area contributed by atoms with E-state index in [0.29, 0.717) is 12.2 Å². The van der Waals surface area contributed by atoms with Crippen LogP contribution in [0.25, 0.3) is 0 Å². The minimum Gasteiger partial charge on any atom is -0.345 e. The van der Waals surface area contributed by atoms with E-state index in [4.69, 9.17) is 0 Å². The van der Waals surface area contributed by atoms with Crippen LogP contribution in [-0.4, -0.2) is 28.1 Å². The number of carbonyl (C=O) groups is 2. The highest BCUT2D eigenvalue weighted by Gasteiger charge is 2.37. The Kier molecular flexibility index (Phi) is 3.43. The predicted octanol–water partition coefficient (Wildman–Crippen LogP) is 1.11. The van der Waals surface area contributed by atoms with Gasteiger partial charge in [-0.05, 0) is 12.5 Å². The molecule has 3 rings (SSSR count). The summed E-state index contributed by atoms with van der Waals surface area (Å²) in [5.74, 6) is -0.316. The Bertz CT molecular complexity index is 665. The van der Waals surface area contributed by atoms with Crippen molar-refractivity contribution in [1.82, 2.24) is 15.1 Å². The molecule has 2 heterocycles. The smallest absolute Gasteiger partial charge is 0.248 e. The molecule has 1 aliphatic rings. The molecule has 1 saturated heterocycles. The average molecular weight is 284 g/mol. The molecule has 0 bridgehead atoms. The lowest BCUT2D eigenvalue weighted by Gasteiger charge is -2.34. The van der Waals surface area contributed by atoms with Gasteiger partial charge in [0.2, 0.25) is 11.8 Å². The molecule has 1 aromatic carbocycles. The van der Waals surface area contributed by atoms with Gasteiger partial charge in [0.25, 0.3) is 0 Å². The van der Waals surface area contributed by atoms with Gasteiger partial charge in [0.15, 0.2) is 0 Å². The Morgan fingerprint density at radius 2 is 2.05 bits per heavy atom. The Hall–Kier alpha value is -2.63. The zero-order chi connectivity index (χ0) is 14.8. The van der Waals surface area contributed by atoms with Crippen LogP contribution in [0.2, 0.25) is 0 Å². The maximum Gasteiger partial charge on any atom is 0.248 e. The van der Waals surface area contributed by atoms with Crippen LogP contribution in [0.4, 0.5) is 5.69 Å². The van der Waals surface area contributed by atoms with E-state index in [1.54, 1.807) is 17.1 Å². The molecule has 6 nitrogen and oxygen atoms in total. The summed E-state index contributed by atoms with van der Waals surface area (Å²) in [4.78, 5) is 26.1. The number of piperazine rings is 1. The molecule has 1 aliphatic heterocycles. The van der Waals surface area contributed by atoms with E-state index in [2.05, 4.69) is 10.4 Å². The molecular weight excluding hydrogens is 268 g/mol. The van der Waals surface area contributed by atoms with Gasteiger partial charge in [0.1, 0.15) is 6.04 Å². The minimum absolute atomic E-state index is 0.0134. The van der Waals surface area contributed by atoms with Crippen LogP contribution in [0.3, 0.4) is 0 Å². The second-order valence-electron chi connectivity index (χ2n) is 4.85. The molecule has 2 amide bonds. The Morgan fingerprint density at radius 3 is 2.71 bits per heavy atom. The molecule has 1 fully saturated rings. The highest BCUT2D eigenvalue weighted by Crippen LogP contribution is 2.29. The zero-order valence-corrected chi connectivity index (χ0v) is 11.7. The maximum atomic E-state index is 12.3. The molecule has 1 aromatic heterocycles. The summed E-state index contributed by atoms with van der Waals surface area (Å²) in [5.41, 5.74) is 1.43. The molecular formula is C15H16N4O2. The topological polar surface area (TPSA) is 67.2 Å². The quantitative estimate of drug-likeness (QED) is 0.918. The van der Waals surface area contributed by atoms with Crippen molar-refractivity contribution in [1.29, 1.82) is 0 Å². The third-order valence-electron chi connectivity index (χ3n) is 3.53. The summed E-state index contributed by atoms with van der Waals surface area (Å²) in [7, 11) is 0. The van der Waals surface area contributed by atoms with Gasteiger partial charge in [0, 0.05) is 12.7 Å². The van der Waals surface area contributed by atoms with E-state index in [0.717, 1.165) is 5.56 Å². The number of carbonyl (C=O) groups excluding carboxylic acids is 2. The van der Waals surface area contributed by atoms with Crippen LogP contribution >= 0.6 is 0 Å². The van der Waals surface area contributed by atoms with Crippen molar-refractivity contribution in [2.24, 2.45) is 0 Å². The van der Waals surface area contributed by atoms with Gasteiger partial charge in [0.05, 0.1) is 18.4 Å². The fourth-order valence-electron chi connectivity index (χ4n) is 2.48. The number of amides is 2. The van der Waals surface area contributed by atoms with Gasteiger partial charge in [-0.3, -0.25) is 19.2 Å². The largest absolute Gasteiger partial charge is 0.345 e. The van der Waals surface area contributed by atoms with Gasteiger partial charge in [-0.2, -0.15) is 5.10 Å². The molecule has 0 aliphatic carbocycles. The van der Waals surface area contributed by atoms with Crippen molar-refractivity contribution in [2.75, 3.05) is 11.4 Å². The van der Waals surface area contributed by atoms with Crippen LogP contribution in [0.5, 0.6) is 0 Å². The fraction of sp³-hybridized carbons (Fsp3) is 0.267. The van der Waals surface area contributed by atoms with Gasteiger partial charge < -0.3 is 5.32 Å². The normalized spacial score (nSPS) is 18.7. The number of hydrogen-bond donors (Lipinski definition) is 1. The van der Waals surface area contributed by atoms with Crippen LogP contribution in [0, 0.1) is 0 Å². The molecule has 21 heavy (non-hydrogen) atoms. The number of rotatable bonds is 3. The van der Waals surface area contributed by atoms with Gasteiger partial charge in [-0.25, -0.2) is 0 Å². The molecule has 0 radical (unpaired) electrons. The molecule has 0 spiro atoms. The number of nitrogens with one attached hydrogen (secondary N) is 1. The summed E-state index contributed by atoms with van der Waals surface area (Å²) in [6.07, 6.45) is 3.41. The molecule has 108 valence electrons. The number of nitrogens with zero attached hydrogens (tertiary/aromatic N) is 3. The summed E-state index contributed by atoms with van der Waals surface area (Å²) >= 11 is 0. The predicted molar refractivity (Wildman–Crippen MR) is 77.6 cm³/mol.